The van der Waals surface area contributed by atoms with Crippen LogP contribution in [0.2, 0.25) is 5.02 Å². The Kier molecular flexibility index (Phi) is 6.87. The van der Waals surface area contributed by atoms with E-state index >= 15 is 0 Å². The number of piperidine rings is 2. The third kappa shape index (κ3) is 5.07. The minimum atomic E-state index is -0.453. The Labute approximate surface area is 186 Å². The van der Waals surface area contributed by atoms with Crippen molar-refractivity contribution >= 4 is 23.5 Å². The maximum Gasteiger partial charge on any atom is 0.337 e. The van der Waals surface area contributed by atoms with E-state index in [4.69, 9.17) is 20.9 Å². The summed E-state index contributed by atoms with van der Waals surface area (Å²) in [6.45, 7) is 2.95. The molecule has 3 heterocycles. The number of nitrogens with one attached hydrogen (secondary N) is 1. The topological polar surface area (TPSA) is 97.6 Å². The molecule has 4 rings (SSSR count). The number of fused-ring (bicyclic) bond motifs is 1. The van der Waals surface area contributed by atoms with Gasteiger partial charge in [0.05, 0.1) is 12.7 Å². The normalized spacial score (nSPS) is 21.4. The van der Waals surface area contributed by atoms with E-state index in [0.29, 0.717) is 40.5 Å². The number of aromatic nitrogens is 2. The average Bonchev–Trinajstić information content (AvgIpc) is 3.27. The standard InChI is InChI=1S/C22H27ClN4O4/c1-30-22(29)14-7-8-17(23)16(11-14)12-19-25-21(31-26-19)20(28)24-13-15-5-4-10-27-9-3-2-6-18(15)27/h7-8,11,15,18H,2-6,9-10,12-13H2,1H3,(H,24,28)/t15-,18?/m0/s1. The molecule has 1 aromatic heterocycles. The number of hydrogen-bond donors (Lipinski definition) is 1. The molecular formula is C22H27ClN4O4. The lowest BCUT2D eigenvalue weighted by Gasteiger charge is -2.44. The molecule has 2 atom stereocenters. The predicted molar refractivity (Wildman–Crippen MR) is 114 cm³/mol. The van der Waals surface area contributed by atoms with Crippen molar-refractivity contribution < 1.29 is 18.8 Å². The van der Waals surface area contributed by atoms with Crippen LogP contribution in [0, 0.1) is 5.92 Å². The Morgan fingerprint density at radius 2 is 2.10 bits per heavy atom. The van der Waals surface area contributed by atoms with Crippen LogP contribution in [0.15, 0.2) is 22.7 Å². The van der Waals surface area contributed by atoms with Crippen LogP contribution in [-0.2, 0) is 11.2 Å². The van der Waals surface area contributed by atoms with Crippen LogP contribution in [0.3, 0.4) is 0 Å². The van der Waals surface area contributed by atoms with Crippen LogP contribution in [0.1, 0.15) is 64.5 Å². The minimum Gasteiger partial charge on any atom is -0.465 e. The van der Waals surface area contributed by atoms with E-state index in [9.17, 15) is 9.59 Å². The fraction of sp³-hybridized carbons (Fsp3) is 0.545. The van der Waals surface area contributed by atoms with Crippen molar-refractivity contribution in [3.05, 3.63) is 46.1 Å². The smallest absolute Gasteiger partial charge is 0.337 e. The second kappa shape index (κ2) is 9.78. The van der Waals surface area contributed by atoms with Gasteiger partial charge in [0.1, 0.15) is 0 Å². The molecule has 2 aromatic rings. The van der Waals surface area contributed by atoms with Gasteiger partial charge in [0.2, 0.25) is 0 Å². The molecule has 8 nitrogen and oxygen atoms in total. The molecule has 2 saturated heterocycles. The lowest BCUT2D eigenvalue weighted by molar-refractivity contribution is 0.0569. The minimum absolute atomic E-state index is 0.0634. The molecule has 0 bridgehead atoms. The SMILES string of the molecule is COC(=O)c1ccc(Cl)c(Cc2noc(C(=O)NC[C@@H]3CCCN4CCCCC34)n2)c1. The van der Waals surface area contributed by atoms with Gasteiger partial charge in [-0.05, 0) is 68.5 Å². The van der Waals surface area contributed by atoms with E-state index in [2.05, 4.69) is 20.4 Å². The Hall–Kier alpha value is -2.45. The highest BCUT2D eigenvalue weighted by Gasteiger charge is 2.33. The van der Waals surface area contributed by atoms with Crippen molar-refractivity contribution in [3.63, 3.8) is 0 Å². The van der Waals surface area contributed by atoms with Crippen LogP contribution in [-0.4, -0.2) is 59.7 Å². The Morgan fingerprint density at radius 1 is 1.26 bits per heavy atom. The summed E-state index contributed by atoms with van der Waals surface area (Å²) in [6.07, 6.45) is 6.28. The molecule has 31 heavy (non-hydrogen) atoms. The molecule has 1 N–H and O–H groups in total. The largest absolute Gasteiger partial charge is 0.465 e. The first-order valence-electron chi connectivity index (χ1n) is 10.8. The molecule has 166 valence electrons. The molecule has 1 amide bonds. The summed E-state index contributed by atoms with van der Waals surface area (Å²) in [4.78, 5) is 31.1. The summed E-state index contributed by atoms with van der Waals surface area (Å²) in [6, 6.07) is 5.40. The summed E-state index contributed by atoms with van der Waals surface area (Å²) >= 11 is 6.23. The summed E-state index contributed by atoms with van der Waals surface area (Å²) in [5, 5.41) is 7.34. The molecule has 1 unspecified atom stereocenters. The van der Waals surface area contributed by atoms with E-state index in [1.54, 1.807) is 18.2 Å². The molecule has 1 aromatic carbocycles. The number of benzene rings is 1. The number of ether oxygens (including phenoxy) is 1. The number of esters is 1. The molecule has 2 aliphatic heterocycles. The quantitative estimate of drug-likeness (QED) is 0.681. The number of carbonyl (C=O) groups excluding carboxylic acids is 2. The lowest BCUT2D eigenvalue weighted by atomic mass is 9.83. The van der Waals surface area contributed by atoms with Crippen molar-refractivity contribution in [1.82, 2.24) is 20.4 Å². The van der Waals surface area contributed by atoms with Gasteiger partial charge in [-0.2, -0.15) is 4.98 Å². The second-order valence-electron chi connectivity index (χ2n) is 8.20. The number of carbonyl (C=O) groups is 2. The highest BCUT2D eigenvalue weighted by atomic mass is 35.5. The maximum absolute atomic E-state index is 12.6. The van der Waals surface area contributed by atoms with Crippen LogP contribution in [0.25, 0.3) is 0 Å². The third-order valence-corrected chi connectivity index (χ3v) is 6.60. The van der Waals surface area contributed by atoms with Gasteiger partial charge in [-0.25, -0.2) is 4.79 Å². The Morgan fingerprint density at radius 3 is 2.94 bits per heavy atom. The highest BCUT2D eigenvalue weighted by Crippen LogP contribution is 2.30. The molecule has 0 aliphatic carbocycles. The van der Waals surface area contributed by atoms with Gasteiger partial charge in [-0.15, -0.1) is 0 Å². The third-order valence-electron chi connectivity index (χ3n) is 6.23. The number of amides is 1. The number of nitrogens with zero attached hydrogens (tertiary/aromatic N) is 3. The van der Waals surface area contributed by atoms with E-state index in [1.807, 2.05) is 0 Å². The summed E-state index contributed by atoms with van der Waals surface area (Å²) < 4.78 is 9.90. The van der Waals surface area contributed by atoms with E-state index in [0.717, 1.165) is 6.42 Å². The van der Waals surface area contributed by atoms with Crippen molar-refractivity contribution in [2.45, 2.75) is 44.6 Å². The summed E-state index contributed by atoms with van der Waals surface area (Å²) in [7, 11) is 1.32. The van der Waals surface area contributed by atoms with Gasteiger partial charge in [0.25, 0.3) is 0 Å². The van der Waals surface area contributed by atoms with Gasteiger partial charge in [-0.3, -0.25) is 4.79 Å². The monoisotopic (exact) mass is 446 g/mol. The predicted octanol–water partition coefficient (Wildman–Crippen LogP) is 3.09. The van der Waals surface area contributed by atoms with Crippen molar-refractivity contribution in [3.8, 4) is 0 Å². The first-order valence-corrected chi connectivity index (χ1v) is 11.1. The van der Waals surface area contributed by atoms with Crippen LogP contribution < -0.4 is 5.32 Å². The molecule has 9 heteroatoms. The summed E-state index contributed by atoms with van der Waals surface area (Å²) in [5.41, 5.74) is 1.03. The Balaban J connectivity index is 1.36. The zero-order chi connectivity index (χ0) is 21.8. The zero-order valence-corrected chi connectivity index (χ0v) is 18.4. The molecule has 2 aliphatic rings. The molecule has 0 spiro atoms. The van der Waals surface area contributed by atoms with Gasteiger partial charge in [0, 0.05) is 24.0 Å². The van der Waals surface area contributed by atoms with Crippen molar-refractivity contribution in [2.75, 3.05) is 26.7 Å². The lowest BCUT2D eigenvalue weighted by Crippen LogP contribution is -2.51. The van der Waals surface area contributed by atoms with E-state index < -0.39 is 5.97 Å². The number of hydrogen-bond acceptors (Lipinski definition) is 7. The second-order valence-corrected chi connectivity index (χ2v) is 8.61. The molecule has 0 radical (unpaired) electrons. The van der Waals surface area contributed by atoms with E-state index in [1.165, 1.54) is 45.9 Å². The maximum atomic E-state index is 12.6. The fourth-order valence-corrected chi connectivity index (χ4v) is 4.84. The Bertz CT molecular complexity index is 945. The molecule has 0 saturated carbocycles. The van der Waals surface area contributed by atoms with Gasteiger partial charge < -0.3 is 19.5 Å². The summed E-state index contributed by atoms with van der Waals surface area (Å²) in [5.74, 6) is -0.0940. The van der Waals surface area contributed by atoms with Crippen LogP contribution in [0.5, 0.6) is 0 Å². The van der Waals surface area contributed by atoms with Gasteiger partial charge in [0.15, 0.2) is 5.82 Å². The van der Waals surface area contributed by atoms with Crippen LogP contribution >= 0.6 is 11.6 Å². The fourth-order valence-electron chi connectivity index (χ4n) is 4.66. The first-order chi connectivity index (χ1) is 15.0. The van der Waals surface area contributed by atoms with Crippen LogP contribution in [0.4, 0.5) is 0 Å². The van der Waals surface area contributed by atoms with Crippen molar-refractivity contribution in [2.24, 2.45) is 5.92 Å². The van der Waals surface area contributed by atoms with Gasteiger partial charge >= 0.3 is 17.8 Å². The molecule has 2 fully saturated rings. The van der Waals surface area contributed by atoms with E-state index in [-0.39, 0.29) is 18.2 Å². The number of methoxy groups -OCH3 is 1. The molecular weight excluding hydrogens is 420 g/mol. The number of halogens is 1. The average molecular weight is 447 g/mol. The highest BCUT2D eigenvalue weighted by molar-refractivity contribution is 6.31. The van der Waals surface area contributed by atoms with Gasteiger partial charge in [-0.1, -0.05) is 23.2 Å². The first kappa shape index (κ1) is 21.8. The zero-order valence-electron chi connectivity index (χ0n) is 17.6. The number of rotatable bonds is 6. The van der Waals surface area contributed by atoms with Crippen molar-refractivity contribution in [1.29, 1.82) is 0 Å².